The predicted molar refractivity (Wildman–Crippen MR) is 127 cm³/mol. The second kappa shape index (κ2) is 8.02. The van der Waals surface area contributed by atoms with Gasteiger partial charge in [-0.25, -0.2) is 13.2 Å². The average molecular weight is 491 g/mol. The molecule has 0 atom stereocenters. The Bertz CT molecular complexity index is 1330. The standard InChI is InChI=1S/C23H23ClN2O4S2/c1-14-4-3-5-16-13-30-23(27)26(21(14)16)18-8-10-25(11-9-18)32(28,29)22-15(2)19-12-17(24)6-7-20(19)31-22/h3-7,12,18H,8-11,13H2,1-2H3. The number of para-hydroxylation sites is 1. The molecule has 0 aliphatic carbocycles. The van der Waals surface area contributed by atoms with Crippen LogP contribution < -0.4 is 4.90 Å². The highest BCUT2D eigenvalue weighted by atomic mass is 35.5. The Morgan fingerprint density at radius 1 is 1.12 bits per heavy atom. The minimum atomic E-state index is -3.63. The Kier molecular flexibility index (Phi) is 5.44. The molecule has 1 amide bonds. The van der Waals surface area contributed by atoms with Crippen LogP contribution in [-0.2, 0) is 21.4 Å². The Morgan fingerprint density at radius 2 is 1.88 bits per heavy atom. The number of nitrogens with zero attached hydrogens (tertiary/aromatic N) is 2. The zero-order valence-electron chi connectivity index (χ0n) is 17.8. The Labute approximate surface area is 196 Å². The highest BCUT2D eigenvalue weighted by Crippen LogP contribution is 2.39. The fourth-order valence-electron chi connectivity index (χ4n) is 4.69. The molecule has 2 aromatic carbocycles. The number of aryl methyl sites for hydroxylation is 2. The molecule has 3 aromatic rings. The Balaban J connectivity index is 1.40. The van der Waals surface area contributed by atoms with Crippen LogP contribution in [0.2, 0.25) is 5.02 Å². The van der Waals surface area contributed by atoms with Gasteiger partial charge in [0.2, 0.25) is 0 Å². The monoisotopic (exact) mass is 490 g/mol. The smallest absolute Gasteiger partial charge is 0.414 e. The lowest BCUT2D eigenvalue weighted by Gasteiger charge is -2.40. The van der Waals surface area contributed by atoms with Crippen molar-refractivity contribution in [3.8, 4) is 0 Å². The minimum Gasteiger partial charge on any atom is -0.444 e. The van der Waals surface area contributed by atoms with E-state index in [0.29, 0.717) is 35.2 Å². The van der Waals surface area contributed by atoms with Crippen LogP contribution in [-0.4, -0.2) is 37.9 Å². The van der Waals surface area contributed by atoms with Crippen molar-refractivity contribution in [1.29, 1.82) is 0 Å². The lowest BCUT2D eigenvalue weighted by atomic mass is 10.00. The number of anilines is 1. The van der Waals surface area contributed by atoms with E-state index < -0.39 is 10.0 Å². The van der Waals surface area contributed by atoms with E-state index in [9.17, 15) is 13.2 Å². The number of rotatable bonds is 3. The lowest BCUT2D eigenvalue weighted by Crippen LogP contribution is -2.50. The summed E-state index contributed by atoms with van der Waals surface area (Å²) in [5, 5.41) is 1.46. The van der Waals surface area contributed by atoms with Gasteiger partial charge in [-0.05, 0) is 61.4 Å². The molecule has 0 bridgehead atoms. The molecule has 0 saturated carbocycles. The molecular weight excluding hydrogens is 468 g/mol. The number of hydrogen-bond acceptors (Lipinski definition) is 5. The fourth-order valence-corrected chi connectivity index (χ4v) is 8.21. The van der Waals surface area contributed by atoms with E-state index in [1.54, 1.807) is 11.0 Å². The van der Waals surface area contributed by atoms with Crippen LogP contribution in [0.25, 0.3) is 10.1 Å². The number of halogens is 1. The third-order valence-corrected chi connectivity index (χ3v) is 10.3. The molecule has 2 aliphatic heterocycles. The first-order valence-electron chi connectivity index (χ1n) is 10.5. The zero-order valence-corrected chi connectivity index (χ0v) is 20.2. The van der Waals surface area contributed by atoms with Gasteiger partial charge in [0.1, 0.15) is 10.8 Å². The van der Waals surface area contributed by atoms with Crippen molar-refractivity contribution in [2.75, 3.05) is 18.0 Å². The van der Waals surface area contributed by atoms with Gasteiger partial charge in [0, 0.05) is 34.4 Å². The van der Waals surface area contributed by atoms with E-state index in [1.165, 1.54) is 15.6 Å². The minimum absolute atomic E-state index is 0.101. The van der Waals surface area contributed by atoms with Crippen LogP contribution in [0.4, 0.5) is 10.5 Å². The molecule has 6 nitrogen and oxygen atoms in total. The van der Waals surface area contributed by atoms with Crippen molar-refractivity contribution >= 4 is 54.8 Å². The van der Waals surface area contributed by atoms with E-state index in [0.717, 1.165) is 32.5 Å². The summed E-state index contributed by atoms with van der Waals surface area (Å²) < 4.78 is 35.1. The van der Waals surface area contributed by atoms with E-state index in [4.69, 9.17) is 16.3 Å². The summed E-state index contributed by atoms with van der Waals surface area (Å²) >= 11 is 7.40. The molecule has 3 heterocycles. The molecule has 0 radical (unpaired) electrons. The molecule has 0 unspecified atom stereocenters. The van der Waals surface area contributed by atoms with E-state index in [-0.39, 0.29) is 18.7 Å². The molecule has 0 N–H and O–H groups in total. The molecule has 0 spiro atoms. The summed E-state index contributed by atoms with van der Waals surface area (Å²) in [6.45, 7) is 4.80. The van der Waals surface area contributed by atoms with Crippen LogP contribution in [0.5, 0.6) is 0 Å². The number of carbonyl (C=O) groups is 1. The molecule has 168 valence electrons. The summed E-state index contributed by atoms with van der Waals surface area (Å²) in [7, 11) is -3.63. The van der Waals surface area contributed by atoms with Gasteiger partial charge < -0.3 is 4.74 Å². The van der Waals surface area contributed by atoms with E-state index in [2.05, 4.69) is 0 Å². The van der Waals surface area contributed by atoms with Crippen molar-refractivity contribution < 1.29 is 17.9 Å². The molecule has 32 heavy (non-hydrogen) atoms. The number of amides is 1. The quantitative estimate of drug-likeness (QED) is 0.487. The van der Waals surface area contributed by atoms with Crippen LogP contribution in [0.3, 0.4) is 0 Å². The number of ether oxygens (including phenoxy) is 1. The third-order valence-electron chi connectivity index (χ3n) is 6.33. The Hall–Kier alpha value is -2.13. The maximum Gasteiger partial charge on any atom is 0.414 e. The third kappa shape index (κ3) is 3.50. The molecule has 1 saturated heterocycles. The predicted octanol–water partition coefficient (Wildman–Crippen LogP) is 5.48. The number of cyclic esters (lactones) is 1. The topological polar surface area (TPSA) is 66.9 Å². The van der Waals surface area contributed by atoms with Crippen LogP contribution in [0, 0.1) is 13.8 Å². The zero-order chi connectivity index (χ0) is 22.6. The van der Waals surface area contributed by atoms with Crippen LogP contribution >= 0.6 is 22.9 Å². The van der Waals surface area contributed by atoms with Crippen molar-refractivity contribution in [3.05, 3.63) is 58.1 Å². The van der Waals surface area contributed by atoms with Gasteiger partial charge in [-0.2, -0.15) is 4.31 Å². The summed E-state index contributed by atoms with van der Waals surface area (Å²) in [6, 6.07) is 11.3. The highest BCUT2D eigenvalue weighted by Gasteiger charge is 2.38. The van der Waals surface area contributed by atoms with Crippen LogP contribution in [0.15, 0.2) is 40.6 Å². The van der Waals surface area contributed by atoms with Crippen LogP contribution in [0.1, 0.15) is 29.5 Å². The molecule has 2 aliphatic rings. The second-order valence-electron chi connectivity index (χ2n) is 8.30. The largest absolute Gasteiger partial charge is 0.444 e. The van der Waals surface area contributed by atoms with Gasteiger partial charge in [-0.1, -0.05) is 29.8 Å². The van der Waals surface area contributed by atoms with E-state index >= 15 is 0 Å². The maximum absolute atomic E-state index is 13.5. The number of sulfonamides is 1. The molecule has 9 heteroatoms. The summed E-state index contributed by atoms with van der Waals surface area (Å²) in [5.74, 6) is 0. The fraction of sp³-hybridized carbons (Fsp3) is 0.348. The number of thiophene rings is 1. The lowest BCUT2D eigenvalue weighted by molar-refractivity contribution is 0.135. The van der Waals surface area contributed by atoms with Gasteiger partial charge in [0.15, 0.2) is 0 Å². The van der Waals surface area contributed by atoms with Gasteiger partial charge >= 0.3 is 6.09 Å². The Morgan fingerprint density at radius 3 is 2.62 bits per heavy atom. The van der Waals surface area contributed by atoms with E-state index in [1.807, 2.05) is 44.2 Å². The number of fused-ring (bicyclic) bond motifs is 2. The number of hydrogen-bond donors (Lipinski definition) is 0. The maximum atomic E-state index is 13.5. The summed E-state index contributed by atoms with van der Waals surface area (Å²) in [4.78, 5) is 14.4. The summed E-state index contributed by atoms with van der Waals surface area (Å²) in [5.41, 5.74) is 3.65. The van der Waals surface area contributed by atoms with Gasteiger partial charge in [0.25, 0.3) is 10.0 Å². The van der Waals surface area contributed by atoms with Gasteiger partial charge in [-0.3, -0.25) is 4.90 Å². The van der Waals surface area contributed by atoms with Crippen molar-refractivity contribution in [2.24, 2.45) is 0 Å². The van der Waals surface area contributed by atoms with Crippen molar-refractivity contribution in [3.63, 3.8) is 0 Å². The highest BCUT2D eigenvalue weighted by molar-refractivity contribution is 7.91. The summed E-state index contributed by atoms with van der Waals surface area (Å²) in [6.07, 6.45) is 0.751. The molecule has 5 rings (SSSR count). The van der Waals surface area contributed by atoms with Gasteiger partial charge in [0.05, 0.1) is 5.69 Å². The first kappa shape index (κ1) is 21.7. The second-order valence-corrected chi connectivity index (χ2v) is 11.9. The van der Waals surface area contributed by atoms with Crippen molar-refractivity contribution in [2.45, 2.75) is 43.5 Å². The molecule has 1 aromatic heterocycles. The number of benzene rings is 2. The normalized spacial score (nSPS) is 18.1. The first-order valence-corrected chi connectivity index (χ1v) is 13.1. The molecular formula is C23H23ClN2O4S2. The first-order chi connectivity index (χ1) is 15.3. The molecule has 1 fully saturated rings. The number of piperidine rings is 1. The van der Waals surface area contributed by atoms with Crippen molar-refractivity contribution in [1.82, 2.24) is 4.31 Å². The SMILES string of the molecule is Cc1cccc2c1N(C1CCN(S(=O)(=O)c3sc4ccc(Cl)cc4c3C)CC1)C(=O)OC2. The average Bonchev–Trinajstić information content (AvgIpc) is 3.11. The number of carbonyl (C=O) groups excluding carboxylic acids is 1. The van der Waals surface area contributed by atoms with Gasteiger partial charge in [-0.15, -0.1) is 11.3 Å².